The molecule has 1 saturated heterocycles. The van der Waals surface area contributed by atoms with Gasteiger partial charge in [0, 0.05) is 31.2 Å². The highest BCUT2D eigenvalue weighted by Gasteiger charge is 2.21. The second kappa shape index (κ2) is 4.66. The van der Waals surface area contributed by atoms with Crippen LogP contribution in [0.1, 0.15) is 22.8 Å². The van der Waals surface area contributed by atoms with E-state index in [2.05, 4.69) is 12.2 Å². The summed E-state index contributed by atoms with van der Waals surface area (Å²) < 4.78 is 0. The molecule has 16 heavy (non-hydrogen) atoms. The van der Waals surface area contributed by atoms with E-state index in [9.17, 15) is 4.79 Å². The Balaban J connectivity index is 2.12. The molecule has 3 nitrogen and oxygen atoms in total. The molecule has 0 radical (unpaired) electrons. The van der Waals surface area contributed by atoms with Crippen molar-refractivity contribution in [3.8, 4) is 0 Å². The van der Waals surface area contributed by atoms with E-state index < -0.39 is 0 Å². The van der Waals surface area contributed by atoms with Gasteiger partial charge in [-0.05, 0) is 26.0 Å². The van der Waals surface area contributed by atoms with E-state index in [0.717, 1.165) is 30.8 Å². The first-order chi connectivity index (χ1) is 7.66. The Labute approximate surface area is 96.5 Å². The minimum Gasteiger partial charge on any atom is -0.336 e. The van der Waals surface area contributed by atoms with Crippen LogP contribution in [0.2, 0.25) is 0 Å². The molecule has 0 aliphatic carbocycles. The topological polar surface area (TPSA) is 32.3 Å². The van der Waals surface area contributed by atoms with Crippen molar-refractivity contribution in [3.63, 3.8) is 0 Å². The molecule has 1 aromatic carbocycles. The number of rotatable bonds is 1. The third-order valence-electron chi connectivity index (χ3n) is 2.92. The van der Waals surface area contributed by atoms with E-state index in [0.29, 0.717) is 6.04 Å². The minimum atomic E-state index is 0.150. The number of carbonyl (C=O) groups is 1. The molecule has 1 aliphatic rings. The molecule has 1 amide bonds. The summed E-state index contributed by atoms with van der Waals surface area (Å²) in [6.45, 7) is 6.61. The molecule has 1 N–H and O–H groups in total. The highest BCUT2D eigenvalue weighted by atomic mass is 16.2. The summed E-state index contributed by atoms with van der Waals surface area (Å²) in [4.78, 5) is 14.1. The van der Waals surface area contributed by atoms with E-state index in [1.165, 1.54) is 0 Å². The van der Waals surface area contributed by atoms with Crippen molar-refractivity contribution in [2.45, 2.75) is 19.9 Å². The van der Waals surface area contributed by atoms with Crippen LogP contribution in [0.5, 0.6) is 0 Å². The van der Waals surface area contributed by atoms with Crippen molar-refractivity contribution in [2.24, 2.45) is 0 Å². The zero-order valence-corrected chi connectivity index (χ0v) is 9.86. The lowest BCUT2D eigenvalue weighted by molar-refractivity contribution is 0.0709. The maximum Gasteiger partial charge on any atom is 0.253 e. The number of hydrogen-bond acceptors (Lipinski definition) is 2. The van der Waals surface area contributed by atoms with Gasteiger partial charge in [-0.1, -0.05) is 17.7 Å². The molecule has 1 heterocycles. The Kier molecular flexibility index (Phi) is 3.25. The third-order valence-corrected chi connectivity index (χ3v) is 2.92. The lowest BCUT2D eigenvalue weighted by Crippen LogP contribution is -2.51. The predicted molar refractivity (Wildman–Crippen MR) is 64.5 cm³/mol. The number of piperazine rings is 1. The van der Waals surface area contributed by atoms with Gasteiger partial charge in [0.05, 0.1) is 0 Å². The number of amides is 1. The monoisotopic (exact) mass is 218 g/mol. The molecule has 0 unspecified atom stereocenters. The standard InChI is InChI=1S/C13H18N2O/c1-10-4-3-5-12(8-10)13(16)15-7-6-14-11(2)9-15/h3-5,8,11,14H,6-7,9H2,1-2H3/t11-/m1/s1. The minimum absolute atomic E-state index is 0.150. The number of nitrogens with zero attached hydrogens (tertiary/aromatic N) is 1. The first kappa shape index (κ1) is 11.1. The van der Waals surface area contributed by atoms with Crippen molar-refractivity contribution < 1.29 is 4.79 Å². The highest BCUT2D eigenvalue weighted by Crippen LogP contribution is 2.09. The van der Waals surface area contributed by atoms with E-state index in [1.807, 2.05) is 36.1 Å². The molecule has 0 saturated carbocycles. The second-order valence-electron chi connectivity index (χ2n) is 4.48. The van der Waals surface area contributed by atoms with Crippen molar-refractivity contribution in [1.82, 2.24) is 10.2 Å². The molecular weight excluding hydrogens is 200 g/mol. The van der Waals surface area contributed by atoms with Gasteiger partial charge >= 0.3 is 0 Å². The van der Waals surface area contributed by atoms with Crippen LogP contribution in [-0.2, 0) is 0 Å². The van der Waals surface area contributed by atoms with Crippen molar-refractivity contribution in [3.05, 3.63) is 35.4 Å². The van der Waals surface area contributed by atoms with Crippen LogP contribution in [0, 0.1) is 6.92 Å². The summed E-state index contributed by atoms with van der Waals surface area (Å²) in [7, 11) is 0. The lowest BCUT2D eigenvalue weighted by Gasteiger charge is -2.32. The Morgan fingerprint density at radius 1 is 1.50 bits per heavy atom. The Morgan fingerprint density at radius 2 is 2.31 bits per heavy atom. The quantitative estimate of drug-likeness (QED) is 0.773. The molecule has 1 aromatic rings. The summed E-state index contributed by atoms with van der Waals surface area (Å²) in [6.07, 6.45) is 0. The Morgan fingerprint density at radius 3 is 3.00 bits per heavy atom. The Bertz CT molecular complexity index is 389. The Hall–Kier alpha value is -1.35. The molecule has 1 aliphatic heterocycles. The molecule has 0 aromatic heterocycles. The normalized spacial score (nSPS) is 20.9. The zero-order valence-electron chi connectivity index (χ0n) is 9.86. The zero-order chi connectivity index (χ0) is 11.5. The van der Waals surface area contributed by atoms with Crippen molar-refractivity contribution in [2.75, 3.05) is 19.6 Å². The van der Waals surface area contributed by atoms with Crippen LogP contribution in [0.3, 0.4) is 0 Å². The summed E-state index contributed by atoms with van der Waals surface area (Å²) in [5, 5.41) is 3.34. The van der Waals surface area contributed by atoms with Gasteiger partial charge in [0.15, 0.2) is 0 Å². The number of nitrogens with one attached hydrogen (secondary N) is 1. The smallest absolute Gasteiger partial charge is 0.253 e. The molecule has 1 atom stereocenters. The fraction of sp³-hybridized carbons (Fsp3) is 0.462. The summed E-state index contributed by atoms with van der Waals surface area (Å²) in [5.41, 5.74) is 1.93. The second-order valence-corrected chi connectivity index (χ2v) is 4.48. The largest absolute Gasteiger partial charge is 0.336 e. The summed E-state index contributed by atoms with van der Waals surface area (Å²) >= 11 is 0. The lowest BCUT2D eigenvalue weighted by atomic mass is 10.1. The van der Waals surface area contributed by atoms with Gasteiger partial charge in [-0.25, -0.2) is 0 Å². The van der Waals surface area contributed by atoms with Crippen LogP contribution < -0.4 is 5.32 Å². The van der Waals surface area contributed by atoms with E-state index in [-0.39, 0.29) is 5.91 Å². The molecule has 0 bridgehead atoms. The molecule has 2 rings (SSSR count). The number of benzene rings is 1. The van der Waals surface area contributed by atoms with Crippen LogP contribution >= 0.6 is 0 Å². The predicted octanol–water partition coefficient (Wildman–Crippen LogP) is 1.43. The summed E-state index contributed by atoms with van der Waals surface area (Å²) in [6, 6.07) is 8.19. The van der Waals surface area contributed by atoms with Crippen molar-refractivity contribution in [1.29, 1.82) is 0 Å². The van der Waals surface area contributed by atoms with Gasteiger partial charge in [0.25, 0.3) is 5.91 Å². The van der Waals surface area contributed by atoms with Crippen LogP contribution in [0.15, 0.2) is 24.3 Å². The number of carbonyl (C=O) groups excluding carboxylic acids is 1. The number of hydrogen-bond donors (Lipinski definition) is 1. The van der Waals surface area contributed by atoms with Crippen LogP contribution in [-0.4, -0.2) is 36.5 Å². The van der Waals surface area contributed by atoms with Gasteiger partial charge < -0.3 is 10.2 Å². The molecule has 3 heteroatoms. The van der Waals surface area contributed by atoms with Crippen molar-refractivity contribution >= 4 is 5.91 Å². The maximum atomic E-state index is 12.2. The van der Waals surface area contributed by atoms with Gasteiger partial charge in [-0.15, -0.1) is 0 Å². The first-order valence-corrected chi connectivity index (χ1v) is 5.76. The van der Waals surface area contributed by atoms with Gasteiger partial charge in [0.1, 0.15) is 0 Å². The SMILES string of the molecule is Cc1cccc(C(=O)N2CCN[C@H](C)C2)c1. The van der Waals surface area contributed by atoms with E-state index in [4.69, 9.17) is 0 Å². The van der Waals surface area contributed by atoms with Crippen LogP contribution in [0.4, 0.5) is 0 Å². The highest BCUT2D eigenvalue weighted by molar-refractivity contribution is 5.94. The average Bonchev–Trinajstić information content (AvgIpc) is 2.28. The van der Waals surface area contributed by atoms with Gasteiger partial charge in [-0.3, -0.25) is 4.79 Å². The molecular formula is C13H18N2O. The van der Waals surface area contributed by atoms with Gasteiger partial charge in [0.2, 0.25) is 0 Å². The van der Waals surface area contributed by atoms with Gasteiger partial charge in [-0.2, -0.15) is 0 Å². The number of aryl methyl sites for hydroxylation is 1. The molecule has 1 fully saturated rings. The molecule has 86 valence electrons. The molecule has 0 spiro atoms. The average molecular weight is 218 g/mol. The fourth-order valence-corrected chi connectivity index (χ4v) is 2.08. The summed E-state index contributed by atoms with van der Waals surface area (Å²) in [5.74, 6) is 0.150. The third kappa shape index (κ3) is 2.42. The maximum absolute atomic E-state index is 12.2. The first-order valence-electron chi connectivity index (χ1n) is 5.76. The fourth-order valence-electron chi connectivity index (χ4n) is 2.08. The van der Waals surface area contributed by atoms with Crippen LogP contribution in [0.25, 0.3) is 0 Å². The van der Waals surface area contributed by atoms with E-state index >= 15 is 0 Å². The van der Waals surface area contributed by atoms with E-state index in [1.54, 1.807) is 0 Å².